The monoisotopic (exact) mass is 188 g/mol. The van der Waals surface area contributed by atoms with Crippen LogP contribution in [0.4, 0.5) is 0 Å². The molecule has 0 fully saturated rings. The van der Waals surface area contributed by atoms with Crippen LogP contribution in [0.1, 0.15) is 29.7 Å². The zero-order chi connectivity index (χ0) is 10.7. The van der Waals surface area contributed by atoms with Crippen LogP contribution in [0.15, 0.2) is 18.7 Å². The van der Waals surface area contributed by atoms with E-state index in [0.717, 1.165) is 28.3 Å². The molecule has 1 aromatic rings. The highest BCUT2D eigenvalue weighted by Gasteiger charge is 2.08. The number of rotatable bonds is 2. The van der Waals surface area contributed by atoms with E-state index in [9.17, 15) is 0 Å². The van der Waals surface area contributed by atoms with E-state index in [-0.39, 0.29) is 0 Å². The van der Waals surface area contributed by atoms with Crippen molar-refractivity contribution in [3.8, 4) is 0 Å². The molecule has 0 aliphatic carbocycles. The van der Waals surface area contributed by atoms with Crippen molar-refractivity contribution in [1.82, 2.24) is 9.97 Å². The first-order valence-electron chi connectivity index (χ1n) is 4.71. The zero-order valence-electron chi connectivity index (χ0n) is 9.26. The Bertz CT molecular complexity index is 366. The third-order valence-electron chi connectivity index (χ3n) is 2.20. The van der Waals surface area contributed by atoms with E-state index in [4.69, 9.17) is 0 Å². The van der Waals surface area contributed by atoms with Crippen molar-refractivity contribution < 1.29 is 0 Å². The molecule has 0 aliphatic heterocycles. The lowest BCUT2D eigenvalue weighted by atomic mass is 10.0. The van der Waals surface area contributed by atoms with E-state index < -0.39 is 0 Å². The molecule has 2 heteroatoms. The average Bonchev–Trinajstić information content (AvgIpc) is 2.10. The van der Waals surface area contributed by atoms with Gasteiger partial charge in [0, 0.05) is 17.0 Å². The second-order valence-corrected chi connectivity index (χ2v) is 3.26. The Hall–Kier alpha value is -1.44. The van der Waals surface area contributed by atoms with E-state index in [1.807, 2.05) is 39.8 Å². The molecule has 0 N–H and O–H groups in total. The molecule has 0 amide bonds. The number of aromatic nitrogens is 2. The van der Waals surface area contributed by atoms with Crippen LogP contribution in [0.25, 0.3) is 5.57 Å². The van der Waals surface area contributed by atoms with Gasteiger partial charge in [-0.25, -0.2) is 9.97 Å². The quantitative estimate of drug-likeness (QED) is 0.667. The maximum atomic E-state index is 4.35. The molecular formula is C12H16N2. The topological polar surface area (TPSA) is 25.8 Å². The number of hydrogen-bond acceptors (Lipinski definition) is 2. The first-order valence-corrected chi connectivity index (χ1v) is 4.71. The number of hydrogen-bond donors (Lipinski definition) is 0. The molecular weight excluding hydrogens is 172 g/mol. The van der Waals surface area contributed by atoms with Gasteiger partial charge in [-0.3, -0.25) is 0 Å². The standard InChI is InChI=1S/C12H16N2/c1-6-11(7-2)12-8(3)13-10(5)14-9(12)4/h6-7H,1H2,2-5H3/b11-7-. The van der Waals surface area contributed by atoms with E-state index in [2.05, 4.69) is 16.5 Å². The summed E-state index contributed by atoms with van der Waals surface area (Å²) in [5, 5.41) is 0. The fraction of sp³-hybridized carbons (Fsp3) is 0.333. The predicted octanol–water partition coefficient (Wildman–Crippen LogP) is 2.99. The summed E-state index contributed by atoms with van der Waals surface area (Å²) in [6.45, 7) is 11.7. The molecule has 0 aromatic carbocycles. The SMILES string of the molecule is C=C/C(=C/C)c1c(C)nc(C)nc1C. The minimum Gasteiger partial charge on any atom is -0.238 e. The Kier molecular flexibility index (Phi) is 3.18. The fourth-order valence-corrected chi connectivity index (χ4v) is 1.67. The van der Waals surface area contributed by atoms with Crippen molar-refractivity contribution in [3.05, 3.63) is 41.5 Å². The minimum absolute atomic E-state index is 0.822. The molecule has 1 heterocycles. The minimum atomic E-state index is 0.822. The van der Waals surface area contributed by atoms with Gasteiger partial charge in [0.25, 0.3) is 0 Å². The Morgan fingerprint density at radius 2 is 1.64 bits per heavy atom. The Labute approximate surface area is 85.4 Å². The highest BCUT2D eigenvalue weighted by atomic mass is 14.9. The van der Waals surface area contributed by atoms with Gasteiger partial charge in [-0.05, 0) is 33.3 Å². The molecule has 1 rings (SSSR count). The van der Waals surface area contributed by atoms with Crippen LogP contribution in [0, 0.1) is 20.8 Å². The van der Waals surface area contributed by atoms with Gasteiger partial charge in [0.1, 0.15) is 5.82 Å². The summed E-state index contributed by atoms with van der Waals surface area (Å²) in [4.78, 5) is 8.70. The molecule has 0 spiro atoms. The van der Waals surface area contributed by atoms with Crippen molar-refractivity contribution >= 4 is 5.57 Å². The molecule has 0 saturated carbocycles. The van der Waals surface area contributed by atoms with Gasteiger partial charge in [-0.1, -0.05) is 18.7 Å². The third-order valence-corrected chi connectivity index (χ3v) is 2.20. The smallest absolute Gasteiger partial charge is 0.125 e. The van der Waals surface area contributed by atoms with Crippen LogP contribution in [0.2, 0.25) is 0 Å². The van der Waals surface area contributed by atoms with E-state index in [1.165, 1.54) is 0 Å². The molecule has 0 saturated heterocycles. The second kappa shape index (κ2) is 4.18. The Morgan fingerprint density at radius 3 is 2.00 bits per heavy atom. The van der Waals surface area contributed by atoms with Crippen LogP contribution in [-0.2, 0) is 0 Å². The Balaban J connectivity index is 3.41. The zero-order valence-corrected chi connectivity index (χ0v) is 9.26. The van der Waals surface area contributed by atoms with Gasteiger partial charge in [-0.15, -0.1) is 0 Å². The average molecular weight is 188 g/mol. The summed E-state index contributed by atoms with van der Waals surface area (Å²) < 4.78 is 0. The molecule has 0 bridgehead atoms. The predicted molar refractivity (Wildman–Crippen MR) is 60.1 cm³/mol. The largest absolute Gasteiger partial charge is 0.238 e. The third kappa shape index (κ3) is 1.90. The van der Waals surface area contributed by atoms with Crippen molar-refractivity contribution in [2.45, 2.75) is 27.7 Å². The van der Waals surface area contributed by atoms with Gasteiger partial charge in [0.15, 0.2) is 0 Å². The first kappa shape index (κ1) is 10.6. The molecule has 2 nitrogen and oxygen atoms in total. The maximum absolute atomic E-state index is 4.35. The van der Waals surface area contributed by atoms with Crippen LogP contribution < -0.4 is 0 Å². The lowest BCUT2D eigenvalue weighted by molar-refractivity contribution is 0.966. The number of allylic oxidation sites excluding steroid dienone is 3. The van der Waals surface area contributed by atoms with E-state index >= 15 is 0 Å². The van der Waals surface area contributed by atoms with Crippen molar-refractivity contribution in [1.29, 1.82) is 0 Å². The molecule has 0 unspecified atom stereocenters. The van der Waals surface area contributed by atoms with Crippen LogP contribution in [0.5, 0.6) is 0 Å². The number of aryl methyl sites for hydroxylation is 3. The molecule has 0 radical (unpaired) electrons. The summed E-state index contributed by atoms with van der Waals surface area (Å²) in [7, 11) is 0. The fourth-order valence-electron chi connectivity index (χ4n) is 1.67. The van der Waals surface area contributed by atoms with E-state index in [1.54, 1.807) is 0 Å². The van der Waals surface area contributed by atoms with Crippen molar-refractivity contribution in [2.75, 3.05) is 0 Å². The second-order valence-electron chi connectivity index (χ2n) is 3.26. The summed E-state index contributed by atoms with van der Waals surface area (Å²) >= 11 is 0. The van der Waals surface area contributed by atoms with Crippen LogP contribution in [0.3, 0.4) is 0 Å². The lowest BCUT2D eigenvalue weighted by Crippen LogP contribution is -2.01. The summed E-state index contributed by atoms with van der Waals surface area (Å²) in [6.07, 6.45) is 3.87. The number of nitrogens with zero attached hydrogens (tertiary/aromatic N) is 2. The summed E-state index contributed by atoms with van der Waals surface area (Å²) in [5.74, 6) is 0.822. The highest BCUT2D eigenvalue weighted by molar-refractivity contribution is 5.75. The van der Waals surface area contributed by atoms with Crippen molar-refractivity contribution in [2.24, 2.45) is 0 Å². The van der Waals surface area contributed by atoms with Gasteiger partial charge in [0.2, 0.25) is 0 Å². The lowest BCUT2D eigenvalue weighted by Gasteiger charge is -2.09. The van der Waals surface area contributed by atoms with Crippen LogP contribution >= 0.6 is 0 Å². The van der Waals surface area contributed by atoms with E-state index in [0.29, 0.717) is 0 Å². The van der Waals surface area contributed by atoms with Gasteiger partial charge in [0.05, 0.1) is 0 Å². The maximum Gasteiger partial charge on any atom is 0.125 e. The first-order chi connectivity index (χ1) is 6.60. The Morgan fingerprint density at radius 1 is 1.14 bits per heavy atom. The summed E-state index contributed by atoms with van der Waals surface area (Å²) in [5.41, 5.74) is 4.24. The molecule has 1 aromatic heterocycles. The summed E-state index contributed by atoms with van der Waals surface area (Å²) in [6, 6.07) is 0. The van der Waals surface area contributed by atoms with Crippen molar-refractivity contribution in [3.63, 3.8) is 0 Å². The molecule has 14 heavy (non-hydrogen) atoms. The van der Waals surface area contributed by atoms with Gasteiger partial charge in [-0.2, -0.15) is 0 Å². The molecule has 0 aliphatic rings. The molecule has 74 valence electrons. The van der Waals surface area contributed by atoms with Crippen LogP contribution in [-0.4, -0.2) is 9.97 Å². The normalized spacial score (nSPS) is 11.6. The van der Waals surface area contributed by atoms with Gasteiger partial charge >= 0.3 is 0 Å². The highest BCUT2D eigenvalue weighted by Crippen LogP contribution is 2.21. The molecule has 0 atom stereocenters. The van der Waals surface area contributed by atoms with Gasteiger partial charge < -0.3 is 0 Å².